The standard InChI is InChI=1S/C15H24N4O2/c1-10-3-5-11(6-4-10)19-15(17-2)18-9-12-7-8-13(21-12)14(16)20/h7-8,10-11H,3-6,9H2,1-2H3,(H2,16,20)(H2,17,18,19). The number of hydrogen-bond acceptors (Lipinski definition) is 3. The minimum atomic E-state index is -0.555. The molecule has 4 N–H and O–H groups in total. The number of aliphatic imine (C=N–C) groups is 1. The Bertz CT molecular complexity index is 502. The third-order valence-electron chi connectivity index (χ3n) is 3.91. The molecular formula is C15H24N4O2. The van der Waals surface area contributed by atoms with Gasteiger partial charge in [-0.1, -0.05) is 6.92 Å². The van der Waals surface area contributed by atoms with E-state index in [2.05, 4.69) is 22.5 Å². The summed E-state index contributed by atoms with van der Waals surface area (Å²) in [5, 5.41) is 6.62. The Hall–Kier alpha value is -1.98. The fourth-order valence-electron chi connectivity index (χ4n) is 2.57. The molecule has 1 aromatic rings. The second-order valence-corrected chi connectivity index (χ2v) is 5.66. The zero-order chi connectivity index (χ0) is 15.2. The number of nitrogens with two attached hydrogens (primary N) is 1. The van der Waals surface area contributed by atoms with Crippen LogP contribution in [0.25, 0.3) is 0 Å². The molecule has 2 rings (SSSR count). The lowest BCUT2D eigenvalue weighted by Gasteiger charge is -2.28. The summed E-state index contributed by atoms with van der Waals surface area (Å²) in [4.78, 5) is 15.2. The number of nitrogens with one attached hydrogen (secondary N) is 2. The Labute approximate surface area is 125 Å². The highest BCUT2D eigenvalue weighted by atomic mass is 16.3. The molecule has 0 radical (unpaired) electrons. The monoisotopic (exact) mass is 292 g/mol. The van der Waals surface area contributed by atoms with Crippen LogP contribution in [-0.4, -0.2) is 25.0 Å². The van der Waals surface area contributed by atoms with Gasteiger partial charge in [-0.05, 0) is 43.7 Å². The van der Waals surface area contributed by atoms with E-state index in [9.17, 15) is 4.79 Å². The lowest BCUT2D eigenvalue weighted by atomic mass is 9.87. The first-order valence-electron chi connectivity index (χ1n) is 7.44. The molecular weight excluding hydrogens is 268 g/mol. The maximum atomic E-state index is 11.0. The number of amides is 1. The Morgan fingerprint density at radius 3 is 2.67 bits per heavy atom. The van der Waals surface area contributed by atoms with Gasteiger partial charge in [0, 0.05) is 13.1 Å². The number of furan rings is 1. The van der Waals surface area contributed by atoms with Gasteiger partial charge < -0.3 is 20.8 Å². The van der Waals surface area contributed by atoms with E-state index in [-0.39, 0.29) is 5.76 Å². The van der Waals surface area contributed by atoms with Crippen LogP contribution in [0.15, 0.2) is 21.5 Å². The van der Waals surface area contributed by atoms with Gasteiger partial charge in [-0.3, -0.25) is 9.79 Å². The predicted octanol–water partition coefficient (Wildman–Crippen LogP) is 1.62. The average Bonchev–Trinajstić information content (AvgIpc) is 2.94. The van der Waals surface area contributed by atoms with Crippen molar-refractivity contribution in [2.24, 2.45) is 16.6 Å². The van der Waals surface area contributed by atoms with Gasteiger partial charge in [-0.2, -0.15) is 0 Å². The van der Waals surface area contributed by atoms with Gasteiger partial charge in [0.05, 0.1) is 6.54 Å². The van der Waals surface area contributed by atoms with Crippen LogP contribution in [0.1, 0.15) is 48.9 Å². The number of rotatable bonds is 4. The Morgan fingerprint density at radius 1 is 1.38 bits per heavy atom. The van der Waals surface area contributed by atoms with Gasteiger partial charge in [0.25, 0.3) is 5.91 Å². The van der Waals surface area contributed by atoms with Gasteiger partial charge >= 0.3 is 0 Å². The number of carbonyl (C=O) groups is 1. The number of primary amides is 1. The summed E-state index contributed by atoms with van der Waals surface area (Å²) in [6, 6.07) is 3.80. The van der Waals surface area contributed by atoms with Crippen molar-refractivity contribution in [3.8, 4) is 0 Å². The van der Waals surface area contributed by atoms with Gasteiger partial charge in [0.15, 0.2) is 11.7 Å². The van der Waals surface area contributed by atoms with Crippen LogP contribution < -0.4 is 16.4 Å². The van der Waals surface area contributed by atoms with Crippen molar-refractivity contribution in [3.05, 3.63) is 23.7 Å². The van der Waals surface area contributed by atoms with Crippen LogP contribution >= 0.6 is 0 Å². The Kier molecular flexibility index (Phi) is 5.25. The second-order valence-electron chi connectivity index (χ2n) is 5.66. The molecule has 1 aromatic heterocycles. The molecule has 6 heteroatoms. The van der Waals surface area contributed by atoms with E-state index in [0.29, 0.717) is 18.3 Å². The third kappa shape index (κ3) is 4.51. The van der Waals surface area contributed by atoms with Gasteiger partial charge in [-0.15, -0.1) is 0 Å². The molecule has 1 amide bonds. The quantitative estimate of drug-likeness (QED) is 0.581. The first kappa shape index (κ1) is 15.4. The fraction of sp³-hybridized carbons (Fsp3) is 0.600. The smallest absolute Gasteiger partial charge is 0.284 e. The normalized spacial score (nSPS) is 22.9. The van der Waals surface area contributed by atoms with Crippen molar-refractivity contribution in [3.63, 3.8) is 0 Å². The van der Waals surface area contributed by atoms with Crippen LogP contribution in [0.2, 0.25) is 0 Å². The first-order chi connectivity index (χ1) is 10.1. The molecule has 0 saturated heterocycles. The van der Waals surface area contributed by atoms with Crippen LogP contribution in [0.3, 0.4) is 0 Å². The minimum Gasteiger partial charge on any atom is -0.454 e. The van der Waals surface area contributed by atoms with Crippen molar-refractivity contribution in [1.29, 1.82) is 0 Å². The Morgan fingerprint density at radius 2 is 2.10 bits per heavy atom. The molecule has 0 aliphatic heterocycles. The van der Waals surface area contributed by atoms with Crippen molar-refractivity contribution in [1.82, 2.24) is 10.6 Å². The summed E-state index contributed by atoms with van der Waals surface area (Å²) in [7, 11) is 1.75. The van der Waals surface area contributed by atoms with E-state index in [4.69, 9.17) is 10.2 Å². The molecule has 1 heterocycles. The third-order valence-corrected chi connectivity index (χ3v) is 3.91. The van der Waals surface area contributed by atoms with Gasteiger partial charge in [0.1, 0.15) is 5.76 Å². The maximum Gasteiger partial charge on any atom is 0.284 e. The van der Waals surface area contributed by atoms with Crippen LogP contribution in [0, 0.1) is 5.92 Å². The lowest BCUT2D eigenvalue weighted by Crippen LogP contribution is -2.44. The first-order valence-corrected chi connectivity index (χ1v) is 7.44. The number of carbonyl (C=O) groups excluding carboxylic acids is 1. The van der Waals surface area contributed by atoms with E-state index in [0.717, 1.165) is 11.9 Å². The zero-order valence-electron chi connectivity index (χ0n) is 12.7. The molecule has 1 aliphatic carbocycles. The lowest BCUT2D eigenvalue weighted by molar-refractivity contribution is 0.0972. The summed E-state index contributed by atoms with van der Waals surface area (Å²) in [6.45, 7) is 2.77. The molecule has 116 valence electrons. The van der Waals surface area contributed by atoms with Crippen LogP contribution in [0.5, 0.6) is 0 Å². The molecule has 0 spiro atoms. The molecule has 1 aliphatic rings. The van der Waals surface area contributed by atoms with Crippen LogP contribution in [-0.2, 0) is 6.54 Å². The number of guanidine groups is 1. The molecule has 1 fully saturated rings. The highest BCUT2D eigenvalue weighted by Crippen LogP contribution is 2.23. The van der Waals surface area contributed by atoms with Crippen molar-refractivity contribution in [2.75, 3.05) is 7.05 Å². The summed E-state index contributed by atoms with van der Waals surface area (Å²) >= 11 is 0. The van der Waals surface area contributed by atoms with Crippen molar-refractivity contribution >= 4 is 11.9 Å². The van der Waals surface area contributed by atoms with Gasteiger partial charge in [0.2, 0.25) is 0 Å². The highest BCUT2D eigenvalue weighted by Gasteiger charge is 2.19. The summed E-state index contributed by atoms with van der Waals surface area (Å²) < 4.78 is 5.32. The minimum absolute atomic E-state index is 0.177. The van der Waals surface area contributed by atoms with Gasteiger partial charge in [-0.25, -0.2) is 0 Å². The molecule has 21 heavy (non-hydrogen) atoms. The van der Waals surface area contributed by atoms with Crippen molar-refractivity contribution < 1.29 is 9.21 Å². The van der Waals surface area contributed by atoms with E-state index in [1.54, 1.807) is 19.2 Å². The van der Waals surface area contributed by atoms with E-state index in [1.165, 1.54) is 25.7 Å². The molecule has 0 atom stereocenters. The molecule has 0 aromatic carbocycles. The zero-order valence-corrected chi connectivity index (χ0v) is 12.7. The molecule has 0 unspecified atom stereocenters. The summed E-state index contributed by atoms with van der Waals surface area (Å²) in [6.07, 6.45) is 4.87. The summed E-state index contributed by atoms with van der Waals surface area (Å²) in [5.41, 5.74) is 5.15. The average molecular weight is 292 g/mol. The molecule has 0 bridgehead atoms. The maximum absolute atomic E-state index is 11.0. The number of nitrogens with zero attached hydrogens (tertiary/aromatic N) is 1. The van der Waals surface area contributed by atoms with E-state index >= 15 is 0 Å². The largest absolute Gasteiger partial charge is 0.454 e. The predicted molar refractivity (Wildman–Crippen MR) is 82.0 cm³/mol. The van der Waals surface area contributed by atoms with E-state index < -0.39 is 5.91 Å². The van der Waals surface area contributed by atoms with Crippen LogP contribution in [0.4, 0.5) is 0 Å². The van der Waals surface area contributed by atoms with Crippen molar-refractivity contribution in [2.45, 2.75) is 45.2 Å². The highest BCUT2D eigenvalue weighted by molar-refractivity contribution is 5.89. The fourth-order valence-corrected chi connectivity index (χ4v) is 2.57. The Balaban J connectivity index is 1.81. The summed E-state index contributed by atoms with van der Waals surface area (Å²) in [5.74, 6) is 1.86. The molecule has 6 nitrogen and oxygen atoms in total. The topological polar surface area (TPSA) is 92.6 Å². The molecule has 1 saturated carbocycles. The van der Waals surface area contributed by atoms with E-state index in [1.807, 2.05) is 0 Å². The number of hydrogen-bond donors (Lipinski definition) is 3. The second kappa shape index (κ2) is 7.15. The SMILES string of the molecule is CN=C(NCc1ccc(C(N)=O)o1)NC1CCC(C)CC1.